The van der Waals surface area contributed by atoms with E-state index in [4.69, 9.17) is 0 Å². The molecule has 2 heterocycles. The summed E-state index contributed by atoms with van der Waals surface area (Å²) in [7, 11) is 0. The number of hydrazone groups is 1. The number of aryl methyl sites for hydroxylation is 1. The molecule has 1 aromatic carbocycles. The van der Waals surface area contributed by atoms with Crippen molar-refractivity contribution in [1.29, 1.82) is 0 Å². The van der Waals surface area contributed by atoms with Crippen molar-refractivity contribution in [2.45, 2.75) is 20.8 Å². The van der Waals surface area contributed by atoms with Crippen LogP contribution in [0.2, 0.25) is 0 Å². The lowest BCUT2D eigenvalue weighted by molar-refractivity contribution is 0.866. The summed E-state index contributed by atoms with van der Waals surface area (Å²) < 4.78 is 0. The second-order valence-corrected chi connectivity index (χ2v) is 7.69. The van der Waals surface area contributed by atoms with Gasteiger partial charge in [-0.2, -0.15) is 5.10 Å². The number of thiazole rings is 1. The number of benzene rings is 1. The highest BCUT2D eigenvalue weighted by Gasteiger charge is 2.09. The summed E-state index contributed by atoms with van der Waals surface area (Å²) in [6.07, 6.45) is 1.83. The third-order valence-corrected chi connectivity index (χ3v) is 5.70. The van der Waals surface area contributed by atoms with Gasteiger partial charge in [-0.1, -0.05) is 18.2 Å². The second kappa shape index (κ2) is 8.27. The molecule has 0 aliphatic rings. The molecule has 130 valence electrons. The van der Waals surface area contributed by atoms with Gasteiger partial charge in [0.25, 0.3) is 0 Å². The van der Waals surface area contributed by atoms with Crippen LogP contribution in [0.1, 0.15) is 24.3 Å². The average Bonchev–Trinajstić information content (AvgIpc) is 3.27. The Morgan fingerprint density at radius 2 is 1.92 bits per heavy atom. The summed E-state index contributed by atoms with van der Waals surface area (Å²) in [4.78, 5) is 9.35. The zero-order chi connectivity index (χ0) is 17.6. The van der Waals surface area contributed by atoms with Crippen LogP contribution in [0.5, 0.6) is 0 Å². The van der Waals surface area contributed by atoms with Crippen molar-refractivity contribution in [1.82, 2.24) is 4.98 Å². The van der Waals surface area contributed by atoms with Crippen LogP contribution in [0.15, 0.2) is 46.9 Å². The minimum absolute atomic E-state index is 0.817. The Morgan fingerprint density at radius 1 is 1.16 bits per heavy atom. The van der Waals surface area contributed by atoms with Gasteiger partial charge >= 0.3 is 0 Å². The fraction of sp³-hybridized carbons (Fsp3) is 0.263. The van der Waals surface area contributed by atoms with Crippen LogP contribution < -0.4 is 10.3 Å². The zero-order valence-electron chi connectivity index (χ0n) is 14.7. The second-order valence-electron chi connectivity index (χ2n) is 5.53. The van der Waals surface area contributed by atoms with Crippen LogP contribution in [0.25, 0.3) is 10.6 Å². The van der Waals surface area contributed by atoms with Crippen LogP contribution in [0.4, 0.5) is 10.8 Å². The molecular weight excluding hydrogens is 348 g/mol. The van der Waals surface area contributed by atoms with Gasteiger partial charge in [-0.05, 0) is 49.9 Å². The lowest BCUT2D eigenvalue weighted by Crippen LogP contribution is -2.21. The van der Waals surface area contributed by atoms with Gasteiger partial charge in [0.15, 0.2) is 0 Å². The van der Waals surface area contributed by atoms with Gasteiger partial charge in [0.1, 0.15) is 0 Å². The van der Waals surface area contributed by atoms with Gasteiger partial charge in [0, 0.05) is 23.7 Å². The molecule has 0 bridgehead atoms. The monoisotopic (exact) mass is 370 g/mol. The molecule has 3 rings (SSSR count). The van der Waals surface area contributed by atoms with E-state index in [0.717, 1.165) is 29.5 Å². The fourth-order valence-electron chi connectivity index (χ4n) is 2.61. The molecule has 0 atom stereocenters. The molecule has 0 aliphatic carbocycles. The highest BCUT2D eigenvalue weighted by Crippen LogP contribution is 2.32. The van der Waals surface area contributed by atoms with Crippen molar-refractivity contribution in [3.8, 4) is 10.6 Å². The van der Waals surface area contributed by atoms with E-state index >= 15 is 0 Å². The Labute approximate surface area is 156 Å². The predicted molar refractivity (Wildman–Crippen MR) is 111 cm³/mol. The summed E-state index contributed by atoms with van der Waals surface area (Å²) in [5.41, 5.74) is 6.40. The molecule has 0 aliphatic heterocycles. The largest absolute Gasteiger partial charge is 0.372 e. The number of nitrogens with one attached hydrogen (secondary N) is 1. The molecule has 0 saturated carbocycles. The normalized spacial score (nSPS) is 11.2. The fourth-order valence-corrected chi connectivity index (χ4v) is 4.22. The van der Waals surface area contributed by atoms with Crippen LogP contribution >= 0.6 is 22.7 Å². The number of hydrogen-bond acceptors (Lipinski definition) is 6. The number of rotatable bonds is 7. The maximum Gasteiger partial charge on any atom is 0.204 e. The molecule has 0 amide bonds. The third-order valence-electron chi connectivity index (χ3n) is 3.95. The van der Waals surface area contributed by atoms with Crippen LogP contribution in [0.3, 0.4) is 0 Å². The molecular formula is C19H22N4S2. The Balaban J connectivity index is 1.64. The minimum atomic E-state index is 0.817. The maximum atomic E-state index is 4.64. The molecule has 0 unspecified atom stereocenters. The summed E-state index contributed by atoms with van der Waals surface area (Å²) in [6, 6.07) is 12.6. The summed E-state index contributed by atoms with van der Waals surface area (Å²) >= 11 is 3.33. The van der Waals surface area contributed by atoms with Crippen molar-refractivity contribution in [3.63, 3.8) is 0 Å². The molecule has 0 saturated heterocycles. The van der Waals surface area contributed by atoms with E-state index in [1.54, 1.807) is 22.7 Å². The first-order valence-electron chi connectivity index (χ1n) is 8.36. The van der Waals surface area contributed by atoms with Crippen LogP contribution in [-0.2, 0) is 0 Å². The average molecular weight is 371 g/mol. The van der Waals surface area contributed by atoms with E-state index in [2.05, 4.69) is 76.9 Å². The lowest BCUT2D eigenvalue weighted by Gasteiger charge is -2.20. The van der Waals surface area contributed by atoms with Crippen LogP contribution in [0, 0.1) is 6.92 Å². The van der Waals surface area contributed by atoms with Gasteiger partial charge < -0.3 is 4.90 Å². The molecule has 25 heavy (non-hydrogen) atoms. The number of nitrogens with zero attached hydrogens (tertiary/aromatic N) is 3. The minimum Gasteiger partial charge on any atom is -0.372 e. The van der Waals surface area contributed by atoms with Crippen molar-refractivity contribution in [3.05, 3.63) is 52.2 Å². The summed E-state index contributed by atoms with van der Waals surface area (Å²) in [5, 5.41) is 7.21. The number of aromatic nitrogens is 1. The standard InChI is InChI=1S/C19H22N4S2/c1-4-23(5-2)16-10-8-15(9-11-16)13-20-22-19-21-18(14(3)25-19)17-7-6-12-24-17/h6-13H,4-5H2,1-3H3,(H,21,22)/b20-13-. The van der Waals surface area contributed by atoms with Gasteiger partial charge in [-0.25, -0.2) is 4.98 Å². The lowest BCUT2D eigenvalue weighted by atomic mass is 10.2. The topological polar surface area (TPSA) is 40.5 Å². The number of thiophene rings is 1. The SMILES string of the molecule is CCN(CC)c1ccc(/C=N\Nc2nc(-c3cccs3)c(C)s2)cc1. The van der Waals surface area contributed by atoms with E-state index in [-0.39, 0.29) is 0 Å². The maximum absolute atomic E-state index is 4.64. The molecule has 0 spiro atoms. The van der Waals surface area contributed by atoms with Crippen molar-refractivity contribution in [2.24, 2.45) is 5.10 Å². The molecule has 0 radical (unpaired) electrons. The number of anilines is 2. The first kappa shape index (κ1) is 17.6. The van der Waals surface area contributed by atoms with Gasteiger partial charge in [0.2, 0.25) is 5.13 Å². The molecule has 6 heteroatoms. The van der Waals surface area contributed by atoms with Crippen molar-refractivity contribution < 1.29 is 0 Å². The Hall–Kier alpha value is -2.18. The van der Waals surface area contributed by atoms with Crippen LogP contribution in [-0.4, -0.2) is 24.3 Å². The highest BCUT2D eigenvalue weighted by molar-refractivity contribution is 7.17. The summed E-state index contributed by atoms with van der Waals surface area (Å²) in [6.45, 7) is 8.46. The van der Waals surface area contributed by atoms with Crippen molar-refractivity contribution >= 4 is 39.7 Å². The quantitative estimate of drug-likeness (QED) is 0.443. The van der Waals surface area contributed by atoms with E-state index < -0.39 is 0 Å². The summed E-state index contributed by atoms with van der Waals surface area (Å²) in [5.74, 6) is 0. The Kier molecular flexibility index (Phi) is 5.83. The third kappa shape index (κ3) is 4.27. The van der Waals surface area contributed by atoms with Gasteiger partial charge in [-0.3, -0.25) is 5.43 Å². The van der Waals surface area contributed by atoms with E-state index in [9.17, 15) is 0 Å². The molecule has 4 nitrogen and oxygen atoms in total. The Bertz CT molecular complexity index is 816. The van der Waals surface area contributed by atoms with E-state index in [1.165, 1.54) is 15.4 Å². The highest BCUT2D eigenvalue weighted by atomic mass is 32.1. The Morgan fingerprint density at radius 3 is 2.56 bits per heavy atom. The van der Waals surface area contributed by atoms with Crippen molar-refractivity contribution in [2.75, 3.05) is 23.4 Å². The predicted octanol–water partition coefficient (Wildman–Crippen LogP) is 5.47. The van der Waals surface area contributed by atoms with E-state index in [1.807, 2.05) is 12.3 Å². The first-order chi connectivity index (χ1) is 12.2. The molecule has 1 N–H and O–H groups in total. The van der Waals surface area contributed by atoms with E-state index in [0.29, 0.717) is 0 Å². The van der Waals surface area contributed by atoms with Gasteiger partial charge in [0.05, 0.1) is 16.8 Å². The first-order valence-corrected chi connectivity index (χ1v) is 10.1. The van der Waals surface area contributed by atoms with Gasteiger partial charge in [-0.15, -0.1) is 22.7 Å². The molecule has 2 aromatic heterocycles. The molecule has 3 aromatic rings. The number of hydrogen-bond donors (Lipinski definition) is 1. The molecule has 0 fully saturated rings. The zero-order valence-corrected chi connectivity index (χ0v) is 16.3. The smallest absolute Gasteiger partial charge is 0.204 e.